The van der Waals surface area contributed by atoms with Gasteiger partial charge >= 0.3 is 0 Å². The molecule has 5 heteroatoms. The summed E-state index contributed by atoms with van der Waals surface area (Å²) in [6.45, 7) is 4.84. The summed E-state index contributed by atoms with van der Waals surface area (Å²) in [6, 6.07) is 58.0. The van der Waals surface area contributed by atoms with E-state index in [4.69, 9.17) is 9.47 Å². The van der Waals surface area contributed by atoms with Crippen molar-refractivity contribution in [3.05, 3.63) is 164 Å². The molecule has 0 fully saturated rings. The van der Waals surface area contributed by atoms with Gasteiger partial charge in [-0.05, 0) is 87.2 Å². The van der Waals surface area contributed by atoms with E-state index in [1.807, 2.05) is 12.1 Å². The highest BCUT2D eigenvalue weighted by Crippen LogP contribution is 2.51. The van der Waals surface area contributed by atoms with Gasteiger partial charge in [-0.3, -0.25) is 0 Å². The fourth-order valence-electron chi connectivity index (χ4n) is 7.05. The van der Waals surface area contributed by atoms with Crippen molar-refractivity contribution >= 4 is 47.3 Å². The zero-order valence-electron chi connectivity index (χ0n) is 27.3. The van der Waals surface area contributed by atoms with Crippen molar-refractivity contribution in [3.8, 4) is 45.3 Å². The van der Waals surface area contributed by atoms with Crippen LogP contribution in [0, 0.1) is 0 Å². The molecule has 236 valence electrons. The molecule has 7 aromatic carbocycles. The summed E-state index contributed by atoms with van der Waals surface area (Å²) in [6.07, 6.45) is 0. The average Bonchev–Trinajstić information content (AvgIpc) is 3.15. The summed E-state index contributed by atoms with van der Waals surface area (Å²) in [5.74, 6) is 3.71. The van der Waals surface area contributed by atoms with E-state index in [-0.39, 0.29) is 0 Å². The number of rotatable bonds is 5. The number of para-hydroxylation sites is 3. The van der Waals surface area contributed by atoms with Crippen molar-refractivity contribution in [2.45, 2.75) is 22.9 Å². The van der Waals surface area contributed by atoms with E-state index >= 15 is 0 Å². The molecular formula is C44H33NO2SSi. The summed E-state index contributed by atoms with van der Waals surface area (Å²) in [4.78, 5) is 4.61. The van der Waals surface area contributed by atoms with Crippen molar-refractivity contribution in [3.63, 3.8) is 0 Å². The van der Waals surface area contributed by atoms with Gasteiger partial charge in [0.05, 0.1) is 15.5 Å². The first-order valence-electron chi connectivity index (χ1n) is 16.6. The molecule has 0 aliphatic carbocycles. The molecule has 0 unspecified atom stereocenters. The fraction of sp³-hybridized carbons (Fsp3) is 0.0455. The fourth-order valence-corrected chi connectivity index (χ4v) is 11.0. The minimum absolute atomic E-state index is 0.894. The van der Waals surface area contributed by atoms with Crippen LogP contribution in [0.4, 0.5) is 17.1 Å². The number of nitrogens with zero attached hydrogens (tertiary/aromatic N) is 1. The van der Waals surface area contributed by atoms with E-state index in [1.165, 1.54) is 21.5 Å². The minimum Gasteiger partial charge on any atom is -0.455 e. The van der Waals surface area contributed by atoms with Gasteiger partial charge in [0.2, 0.25) is 0 Å². The molecule has 0 atom stereocenters. The second kappa shape index (κ2) is 11.9. The average molecular weight is 668 g/mol. The summed E-state index contributed by atoms with van der Waals surface area (Å²) in [5, 5.41) is 2.64. The number of hydrogen-bond acceptors (Lipinski definition) is 4. The largest absolute Gasteiger partial charge is 0.455 e. The molecule has 9 rings (SSSR count). The molecule has 0 saturated heterocycles. The van der Waals surface area contributed by atoms with Gasteiger partial charge in [-0.1, -0.05) is 134 Å². The standard InChI is InChI=1S/C44H33NO2SSi/c1-49(2)41-20-9-7-17-38(41)47-43-36(15-11-21-42(43)49)45(33-26-22-31(23-27-33)30-12-4-3-5-13-30)34-28-24-32(25-29-34)35-14-10-18-39-44(35)48-40-19-8-6-16-37(40)46-39/h3-29H,1-2H3. The van der Waals surface area contributed by atoms with Crippen LogP contribution in [0.1, 0.15) is 0 Å². The lowest BCUT2D eigenvalue weighted by Crippen LogP contribution is -2.56. The first-order chi connectivity index (χ1) is 24.0. The Hall–Kier alpha value is -5.49. The lowest BCUT2D eigenvalue weighted by atomic mass is 10.0. The zero-order valence-corrected chi connectivity index (χ0v) is 29.1. The van der Waals surface area contributed by atoms with Gasteiger partial charge in [-0.2, -0.15) is 0 Å². The van der Waals surface area contributed by atoms with Gasteiger partial charge in [-0.15, -0.1) is 0 Å². The highest BCUT2D eigenvalue weighted by atomic mass is 32.2. The van der Waals surface area contributed by atoms with Gasteiger partial charge in [-0.25, -0.2) is 0 Å². The van der Waals surface area contributed by atoms with Crippen LogP contribution in [0.5, 0.6) is 23.0 Å². The summed E-state index contributed by atoms with van der Waals surface area (Å²) < 4.78 is 13.1. The predicted molar refractivity (Wildman–Crippen MR) is 206 cm³/mol. The lowest BCUT2D eigenvalue weighted by molar-refractivity contribution is 0.455. The quantitative estimate of drug-likeness (QED) is 0.170. The molecule has 0 N–H and O–H groups in total. The van der Waals surface area contributed by atoms with Gasteiger partial charge in [0.1, 0.15) is 25.3 Å². The summed E-state index contributed by atoms with van der Waals surface area (Å²) >= 11 is 1.77. The van der Waals surface area contributed by atoms with Gasteiger partial charge in [0.25, 0.3) is 0 Å². The Kier molecular flexibility index (Phi) is 7.19. The van der Waals surface area contributed by atoms with E-state index in [0.717, 1.165) is 61.0 Å². The van der Waals surface area contributed by atoms with Crippen LogP contribution in [0.25, 0.3) is 22.3 Å². The van der Waals surface area contributed by atoms with E-state index < -0.39 is 8.07 Å². The van der Waals surface area contributed by atoms with Crippen molar-refractivity contribution in [1.82, 2.24) is 0 Å². The van der Waals surface area contributed by atoms with Crippen molar-refractivity contribution in [2.75, 3.05) is 4.90 Å². The topological polar surface area (TPSA) is 21.7 Å². The third-order valence-corrected chi connectivity index (χ3v) is 14.3. The van der Waals surface area contributed by atoms with Crippen LogP contribution in [-0.2, 0) is 0 Å². The van der Waals surface area contributed by atoms with Crippen molar-refractivity contribution in [2.24, 2.45) is 0 Å². The first kappa shape index (κ1) is 29.6. The van der Waals surface area contributed by atoms with Gasteiger partial charge in [0.15, 0.2) is 5.75 Å². The first-order valence-corrected chi connectivity index (χ1v) is 20.4. The van der Waals surface area contributed by atoms with E-state index in [2.05, 4.69) is 170 Å². The SMILES string of the molecule is C[Si]1(C)c2ccccc2Oc2c(N(c3ccc(-c4ccccc4)cc3)c3ccc(-c4cccc5c4Sc4ccccc4O5)cc3)cccc21. The molecule has 0 saturated carbocycles. The molecule has 49 heavy (non-hydrogen) atoms. The third kappa shape index (κ3) is 5.14. The Morgan fingerprint density at radius 3 is 1.84 bits per heavy atom. The molecule has 3 nitrogen and oxygen atoms in total. The van der Waals surface area contributed by atoms with Crippen LogP contribution in [0.15, 0.2) is 174 Å². The highest BCUT2D eigenvalue weighted by molar-refractivity contribution is 7.99. The Morgan fingerprint density at radius 1 is 0.469 bits per heavy atom. The molecule has 0 spiro atoms. The zero-order chi connectivity index (χ0) is 33.0. The van der Waals surface area contributed by atoms with E-state index in [0.29, 0.717) is 0 Å². The highest BCUT2D eigenvalue weighted by Gasteiger charge is 2.38. The maximum atomic E-state index is 6.82. The molecule has 2 aliphatic rings. The minimum atomic E-state index is -2.02. The van der Waals surface area contributed by atoms with Crippen LogP contribution < -0.4 is 24.7 Å². The second-order valence-corrected chi connectivity index (χ2v) is 18.3. The molecular weight excluding hydrogens is 635 g/mol. The van der Waals surface area contributed by atoms with E-state index in [1.54, 1.807) is 11.8 Å². The maximum Gasteiger partial charge on any atom is 0.151 e. The van der Waals surface area contributed by atoms with Crippen LogP contribution in [0.3, 0.4) is 0 Å². The molecule has 0 aromatic heterocycles. The van der Waals surface area contributed by atoms with Crippen LogP contribution in [0.2, 0.25) is 13.1 Å². The number of ether oxygens (including phenoxy) is 2. The number of fused-ring (bicyclic) bond motifs is 4. The normalized spacial score (nSPS) is 13.5. The Labute approximate surface area is 292 Å². The van der Waals surface area contributed by atoms with E-state index in [9.17, 15) is 0 Å². The second-order valence-electron chi connectivity index (χ2n) is 13.0. The molecule has 2 heterocycles. The molecule has 0 radical (unpaired) electrons. The van der Waals surface area contributed by atoms with Gasteiger partial charge in [0, 0.05) is 11.4 Å². The Balaban J connectivity index is 1.15. The van der Waals surface area contributed by atoms with Crippen LogP contribution >= 0.6 is 11.8 Å². The van der Waals surface area contributed by atoms with Crippen molar-refractivity contribution in [1.29, 1.82) is 0 Å². The summed E-state index contributed by atoms with van der Waals surface area (Å²) in [7, 11) is -2.02. The number of anilines is 3. The summed E-state index contributed by atoms with van der Waals surface area (Å²) in [5.41, 5.74) is 7.85. The Bertz CT molecular complexity index is 2340. The van der Waals surface area contributed by atoms with Gasteiger partial charge < -0.3 is 14.4 Å². The molecule has 0 bridgehead atoms. The molecule has 7 aromatic rings. The monoisotopic (exact) mass is 667 g/mol. The maximum absolute atomic E-state index is 6.82. The smallest absolute Gasteiger partial charge is 0.151 e. The van der Waals surface area contributed by atoms with Crippen LogP contribution in [-0.4, -0.2) is 8.07 Å². The lowest BCUT2D eigenvalue weighted by Gasteiger charge is -2.36. The third-order valence-electron chi connectivity index (χ3n) is 9.61. The molecule has 0 amide bonds. The van der Waals surface area contributed by atoms with Crippen molar-refractivity contribution < 1.29 is 9.47 Å². The predicted octanol–water partition coefficient (Wildman–Crippen LogP) is 11.7. The Morgan fingerprint density at radius 2 is 1.06 bits per heavy atom. The number of benzene rings is 7. The molecule has 2 aliphatic heterocycles. The number of hydrogen-bond donors (Lipinski definition) is 0.